The molecule has 0 radical (unpaired) electrons. The average molecular weight is 280 g/mol. The van der Waals surface area contributed by atoms with E-state index in [2.05, 4.69) is 25.7 Å². The van der Waals surface area contributed by atoms with Crippen molar-refractivity contribution in [2.45, 2.75) is 66.0 Å². The van der Waals surface area contributed by atoms with E-state index in [1.165, 1.54) is 0 Å². The van der Waals surface area contributed by atoms with Gasteiger partial charge in [-0.3, -0.25) is 0 Å². The molecule has 2 atom stereocenters. The van der Waals surface area contributed by atoms with Gasteiger partial charge in [0.15, 0.2) is 0 Å². The van der Waals surface area contributed by atoms with E-state index in [4.69, 9.17) is 5.73 Å². The van der Waals surface area contributed by atoms with Crippen LogP contribution in [0.2, 0.25) is 0 Å². The molecular formula is C17H29FN2. The van der Waals surface area contributed by atoms with Crippen LogP contribution in [0, 0.1) is 12.7 Å². The van der Waals surface area contributed by atoms with Crippen molar-refractivity contribution in [1.82, 2.24) is 0 Å². The Morgan fingerprint density at radius 1 is 1.25 bits per heavy atom. The van der Waals surface area contributed by atoms with Crippen molar-refractivity contribution in [2.75, 3.05) is 11.4 Å². The van der Waals surface area contributed by atoms with Crippen molar-refractivity contribution in [1.29, 1.82) is 0 Å². The van der Waals surface area contributed by atoms with Crippen LogP contribution in [-0.2, 0) is 0 Å². The van der Waals surface area contributed by atoms with E-state index in [0.29, 0.717) is 11.6 Å². The molecular weight excluding hydrogens is 251 g/mol. The lowest BCUT2D eigenvalue weighted by Gasteiger charge is -2.33. The van der Waals surface area contributed by atoms with Gasteiger partial charge in [0.1, 0.15) is 5.82 Å². The van der Waals surface area contributed by atoms with Crippen LogP contribution in [0.3, 0.4) is 0 Å². The summed E-state index contributed by atoms with van der Waals surface area (Å²) in [6.07, 6.45) is 3.36. The standard InChI is InChI=1S/C17H29FN2/c1-6-8-9-20(13(4)7-2)17-10-12(3)16(18)11-15(17)14(5)19/h10-11,13-14H,6-9,19H2,1-5H3/t13?,14-/m1/s1. The van der Waals surface area contributed by atoms with E-state index >= 15 is 0 Å². The van der Waals surface area contributed by atoms with Gasteiger partial charge in [-0.05, 0) is 56.9 Å². The van der Waals surface area contributed by atoms with Gasteiger partial charge < -0.3 is 10.6 Å². The Bertz CT molecular complexity index is 429. The summed E-state index contributed by atoms with van der Waals surface area (Å²) in [7, 11) is 0. The van der Waals surface area contributed by atoms with E-state index in [-0.39, 0.29) is 11.9 Å². The lowest BCUT2D eigenvalue weighted by Crippen LogP contribution is -2.35. The molecule has 0 aliphatic carbocycles. The summed E-state index contributed by atoms with van der Waals surface area (Å²) in [4.78, 5) is 2.38. The second-order valence-electron chi connectivity index (χ2n) is 5.75. The highest BCUT2D eigenvalue weighted by Gasteiger charge is 2.19. The maximum atomic E-state index is 13.8. The molecule has 0 fully saturated rings. The first-order chi connectivity index (χ1) is 9.42. The third-order valence-electron chi connectivity index (χ3n) is 3.98. The maximum absolute atomic E-state index is 13.8. The number of unbranched alkanes of at least 4 members (excludes halogenated alkanes) is 1. The second-order valence-corrected chi connectivity index (χ2v) is 5.75. The lowest BCUT2D eigenvalue weighted by atomic mass is 10.0. The highest BCUT2D eigenvalue weighted by atomic mass is 19.1. The first-order valence-electron chi connectivity index (χ1n) is 7.74. The molecule has 0 heterocycles. The quantitative estimate of drug-likeness (QED) is 0.793. The Morgan fingerprint density at radius 3 is 2.40 bits per heavy atom. The van der Waals surface area contributed by atoms with Crippen molar-refractivity contribution in [3.8, 4) is 0 Å². The minimum absolute atomic E-state index is 0.159. The van der Waals surface area contributed by atoms with E-state index < -0.39 is 0 Å². The van der Waals surface area contributed by atoms with Gasteiger partial charge in [-0.2, -0.15) is 0 Å². The number of aryl methyl sites for hydroxylation is 1. The fourth-order valence-electron chi connectivity index (χ4n) is 2.42. The number of halogens is 1. The third kappa shape index (κ3) is 3.95. The van der Waals surface area contributed by atoms with Crippen molar-refractivity contribution in [3.63, 3.8) is 0 Å². The van der Waals surface area contributed by atoms with Crippen LogP contribution in [0.5, 0.6) is 0 Å². The van der Waals surface area contributed by atoms with Crippen LogP contribution < -0.4 is 10.6 Å². The predicted octanol–water partition coefficient (Wildman–Crippen LogP) is 4.56. The highest BCUT2D eigenvalue weighted by Crippen LogP contribution is 2.30. The van der Waals surface area contributed by atoms with Crippen molar-refractivity contribution >= 4 is 5.69 Å². The summed E-state index contributed by atoms with van der Waals surface area (Å²) in [6, 6.07) is 3.84. The number of anilines is 1. The largest absolute Gasteiger partial charge is 0.369 e. The van der Waals surface area contributed by atoms with Crippen molar-refractivity contribution in [3.05, 3.63) is 29.1 Å². The fourth-order valence-corrected chi connectivity index (χ4v) is 2.42. The predicted molar refractivity (Wildman–Crippen MR) is 85.7 cm³/mol. The molecule has 1 aromatic rings. The Morgan fingerprint density at radius 2 is 1.90 bits per heavy atom. The normalized spacial score (nSPS) is 14.2. The summed E-state index contributed by atoms with van der Waals surface area (Å²) < 4.78 is 13.8. The van der Waals surface area contributed by atoms with Crippen molar-refractivity contribution < 1.29 is 4.39 Å². The van der Waals surface area contributed by atoms with Crippen LogP contribution in [-0.4, -0.2) is 12.6 Å². The topological polar surface area (TPSA) is 29.3 Å². The van der Waals surface area contributed by atoms with Crippen LogP contribution in [0.25, 0.3) is 0 Å². The van der Waals surface area contributed by atoms with Gasteiger partial charge in [0.2, 0.25) is 0 Å². The number of hydrogen-bond donors (Lipinski definition) is 1. The monoisotopic (exact) mass is 280 g/mol. The molecule has 0 aliphatic rings. The molecule has 114 valence electrons. The molecule has 20 heavy (non-hydrogen) atoms. The van der Waals surface area contributed by atoms with Crippen LogP contribution in [0.4, 0.5) is 10.1 Å². The van der Waals surface area contributed by atoms with Gasteiger partial charge in [-0.1, -0.05) is 20.3 Å². The van der Waals surface area contributed by atoms with Gasteiger partial charge in [0.25, 0.3) is 0 Å². The number of benzene rings is 1. The first-order valence-corrected chi connectivity index (χ1v) is 7.74. The molecule has 2 N–H and O–H groups in total. The maximum Gasteiger partial charge on any atom is 0.126 e. The smallest absolute Gasteiger partial charge is 0.126 e. The molecule has 2 nitrogen and oxygen atoms in total. The van der Waals surface area contributed by atoms with Crippen LogP contribution in [0.1, 0.15) is 64.1 Å². The fraction of sp³-hybridized carbons (Fsp3) is 0.647. The minimum atomic E-state index is -0.166. The zero-order chi connectivity index (χ0) is 15.3. The molecule has 1 unspecified atom stereocenters. The molecule has 0 spiro atoms. The lowest BCUT2D eigenvalue weighted by molar-refractivity contribution is 0.584. The summed E-state index contributed by atoms with van der Waals surface area (Å²) in [5, 5.41) is 0. The number of rotatable bonds is 7. The number of nitrogens with two attached hydrogens (primary N) is 1. The average Bonchev–Trinajstić information content (AvgIpc) is 2.41. The van der Waals surface area contributed by atoms with Gasteiger partial charge in [0.05, 0.1) is 0 Å². The molecule has 0 saturated carbocycles. The highest BCUT2D eigenvalue weighted by molar-refractivity contribution is 5.57. The zero-order valence-corrected chi connectivity index (χ0v) is 13.5. The molecule has 1 aromatic carbocycles. The molecule has 0 bridgehead atoms. The second kappa shape index (κ2) is 7.63. The third-order valence-corrected chi connectivity index (χ3v) is 3.98. The van der Waals surface area contributed by atoms with E-state index in [1.54, 1.807) is 6.07 Å². The van der Waals surface area contributed by atoms with Crippen LogP contribution in [0.15, 0.2) is 12.1 Å². The molecule has 0 aliphatic heterocycles. The number of hydrogen-bond acceptors (Lipinski definition) is 2. The summed E-state index contributed by atoms with van der Waals surface area (Å²) >= 11 is 0. The Balaban J connectivity index is 3.26. The summed E-state index contributed by atoms with van der Waals surface area (Å²) in [5.74, 6) is -0.166. The molecule has 1 rings (SSSR count). The number of nitrogens with zero attached hydrogens (tertiary/aromatic N) is 1. The van der Waals surface area contributed by atoms with Crippen molar-refractivity contribution in [2.24, 2.45) is 5.73 Å². The van der Waals surface area contributed by atoms with Gasteiger partial charge in [0, 0.05) is 24.3 Å². The molecule has 0 amide bonds. The molecule has 0 saturated heterocycles. The Hall–Kier alpha value is -1.09. The SMILES string of the molecule is CCCCN(c1cc(C)c(F)cc1[C@@H](C)N)C(C)CC. The Labute approximate surface area is 123 Å². The minimum Gasteiger partial charge on any atom is -0.369 e. The first kappa shape index (κ1) is 17.0. The van der Waals surface area contributed by atoms with E-state index in [9.17, 15) is 4.39 Å². The van der Waals surface area contributed by atoms with E-state index in [1.807, 2.05) is 19.9 Å². The summed E-state index contributed by atoms with van der Waals surface area (Å²) in [5.41, 5.74) is 8.74. The summed E-state index contributed by atoms with van der Waals surface area (Å²) in [6.45, 7) is 11.3. The molecule has 3 heteroatoms. The zero-order valence-electron chi connectivity index (χ0n) is 13.5. The van der Waals surface area contributed by atoms with Gasteiger partial charge in [-0.25, -0.2) is 4.39 Å². The Kier molecular flexibility index (Phi) is 6.47. The molecule has 0 aromatic heterocycles. The van der Waals surface area contributed by atoms with Gasteiger partial charge in [-0.15, -0.1) is 0 Å². The van der Waals surface area contributed by atoms with E-state index in [0.717, 1.165) is 37.1 Å². The van der Waals surface area contributed by atoms with Crippen LogP contribution >= 0.6 is 0 Å². The van der Waals surface area contributed by atoms with Gasteiger partial charge >= 0.3 is 0 Å².